The van der Waals surface area contributed by atoms with E-state index in [0.29, 0.717) is 4.75 Å². The van der Waals surface area contributed by atoms with E-state index in [-0.39, 0.29) is 0 Å². The monoisotopic (exact) mass is 254 g/mol. The molecular formula is C14H26N2S. The predicted molar refractivity (Wildman–Crippen MR) is 75.7 cm³/mol. The van der Waals surface area contributed by atoms with Crippen LogP contribution in [0.1, 0.15) is 45.4 Å². The van der Waals surface area contributed by atoms with Crippen LogP contribution in [0.4, 0.5) is 0 Å². The van der Waals surface area contributed by atoms with Crippen molar-refractivity contribution in [2.45, 2.75) is 62.3 Å². The highest BCUT2D eigenvalue weighted by Gasteiger charge is 2.34. The molecule has 2 unspecified atom stereocenters. The standard InChI is InChI=1S/C14H26N2S/c1-14(7-3-9-17-14)11-16-8-2-4-13(10-16)15-12-5-6-12/h12-13,15H,2-11H2,1H3. The van der Waals surface area contributed by atoms with E-state index >= 15 is 0 Å². The van der Waals surface area contributed by atoms with Crippen molar-refractivity contribution in [3.63, 3.8) is 0 Å². The van der Waals surface area contributed by atoms with Gasteiger partial charge in [0.15, 0.2) is 0 Å². The maximum Gasteiger partial charge on any atom is 0.0259 e. The fourth-order valence-corrected chi connectivity index (χ4v) is 4.70. The molecule has 2 saturated heterocycles. The Morgan fingerprint density at radius 2 is 2.12 bits per heavy atom. The van der Waals surface area contributed by atoms with E-state index in [1.54, 1.807) is 0 Å². The number of nitrogens with one attached hydrogen (secondary N) is 1. The third kappa shape index (κ3) is 3.39. The van der Waals surface area contributed by atoms with Crippen molar-refractivity contribution >= 4 is 11.8 Å². The van der Waals surface area contributed by atoms with Gasteiger partial charge in [0.2, 0.25) is 0 Å². The molecule has 0 aromatic heterocycles. The van der Waals surface area contributed by atoms with Crippen molar-refractivity contribution in [2.75, 3.05) is 25.4 Å². The zero-order valence-corrected chi connectivity index (χ0v) is 11.9. The molecule has 0 bridgehead atoms. The largest absolute Gasteiger partial charge is 0.310 e. The zero-order valence-electron chi connectivity index (χ0n) is 11.1. The van der Waals surface area contributed by atoms with Gasteiger partial charge in [-0.3, -0.25) is 0 Å². The molecule has 17 heavy (non-hydrogen) atoms. The van der Waals surface area contributed by atoms with Crippen molar-refractivity contribution in [1.29, 1.82) is 0 Å². The Bertz CT molecular complexity index is 259. The quantitative estimate of drug-likeness (QED) is 0.830. The third-order valence-corrected chi connectivity index (χ3v) is 5.94. The number of likely N-dealkylation sites (tertiary alicyclic amines) is 1. The van der Waals surface area contributed by atoms with Crippen molar-refractivity contribution in [3.8, 4) is 0 Å². The molecule has 2 heterocycles. The number of hydrogen-bond donors (Lipinski definition) is 1. The molecule has 0 amide bonds. The summed E-state index contributed by atoms with van der Waals surface area (Å²) in [4.78, 5) is 2.72. The van der Waals surface area contributed by atoms with Gasteiger partial charge in [-0.1, -0.05) is 0 Å². The summed E-state index contributed by atoms with van der Waals surface area (Å²) in [6.07, 6.45) is 8.49. The molecule has 1 N–H and O–H groups in total. The first-order valence-electron chi connectivity index (χ1n) is 7.36. The summed E-state index contributed by atoms with van der Waals surface area (Å²) in [5.41, 5.74) is 0. The first-order valence-corrected chi connectivity index (χ1v) is 8.34. The average molecular weight is 254 g/mol. The summed E-state index contributed by atoms with van der Waals surface area (Å²) in [6.45, 7) is 6.43. The smallest absolute Gasteiger partial charge is 0.0259 e. The van der Waals surface area contributed by atoms with Crippen molar-refractivity contribution in [3.05, 3.63) is 0 Å². The highest BCUT2D eigenvalue weighted by atomic mass is 32.2. The normalized spacial score (nSPS) is 39.7. The van der Waals surface area contributed by atoms with Crippen LogP contribution in [-0.4, -0.2) is 47.1 Å². The maximum absolute atomic E-state index is 3.81. The first-order chi connectivity index (χ1) is 8.23. The lowest BCUT2D eigenvalue weighted by molar-refractivity contribution is 0.175. The number of hydrogen-bond acceptors (Lipinski definition) is 3. The Morgan fingerprint density at radius 3 is 2.82 bits per heavy atom. The van der Waals surface area contributed by atoms with Gasteiger partial charge in [-0.05, 0) is 57.7 Å². The zero-order chi connectivity index (χ0) is 11.7. The second-order valence-electron chi connectivity index (χ2n) is 6.42. The van der Waals surface area contributed by atoms with Gasteiger partial charge < -0.3 is 10.2 Å². The van der Waals surface area contributed by atoms with E-state index in [1.807, 2.05) is 0 Å². The van der Waals surface area contributed by atoms with E-state index in [2.05, 4.69) is 28.9 Å². The lowest BCUT2D eigenvalue weighted by atomic mass is 10.0. The molecular weight excluding hydrogens is 228 g/mol. The lowest BCUT2D eigenvalue weighted by Gasteiger charge is -2.38. The topological polar surface area (TPSA) is 15.3 Å². The van der Waals surface area contributed by atoms with E-state index < -0.39 is 0 Å². The Kier molecular flexibility index (Phi) is 3.69. The first kappa shape index (κ1) is 12.3. The molecule has 0 spiro atoms. The Balaban J connectivity index is 1.48. The van der Waals surface area contributed by atoms with Crippen LogP contribution in [0.2, 0.25) is 0 Å². The van der Waals surface area contributed by atoms with Gasteiger partial charge in [0.25, 0.3) is 0 Å². The third-order valence-electron chi connectivity index (χ3n) is 4.41. The molecule has 0 aromatic rings. The van der Waals surface area contributed by atoms with Crippen LogP contribution >= 0.6 is 11.8 Å². The molecule has 1 saturated carbocycles. The molecule has 3 aliphatic rings. The average Bonchev–Trinajstić information content (AvgIpc) is 3.00. The second kappa shape index (κ2) is 5.10. The molecule has 3 heteroatoms. The van der Waals surface area contributed by atoms with Crippen molar-refractivity contribution in [1.82, 2.24) is 10.2 Å². The van der Waals surface area contributed by atoms with E-state index in [1.165, 1.54) is 63.9 Å². The Morgan fingerprint density at radius 1 is 1.24 bits per heavy atom. The summed E-state index contributed by atoms with van der Waals surface area (Å²) in [6, 6.07) is 1.66. The summed E-state index contributed by atoms with van der Waals surface area (Å²) >= 11 is 2.20. The fourth-order valence-electron chi connectivity index (χ4n) is 3.35. The lowest BCUT2D eigenvalue weighted by Crippen LogP contribution is -2.49. The van der Waals surface area contributed by atoms with Crippen LogP contribution in [0.5, 0.6) is 0 Å². The molecule has 1 aliphatic carbocycles. The van der Waals surface area contributed by atoms with Gasteiger partial charge in [0, 0.05) is 29.9 Å². The van der Waals surface area contributed by atoms with Gasteiger partial charge in [-0.15, -0.1) is 0 Å². The minimum absolute atomic E-state index is 0.557. The molecule has 0 radical (unpaired) electrons. The minimum atomic E-state index is 0.557. The maximum atomic E-state index is 3.81. The van der Waals surface area contributed by atoms with Crippen LogP contribution in [0, 0.1) is 0 Å². The number of thioether (sulfide) groups is 1. The SMILES string of the molecule is CC1(CN2CCCC(NC3CC3)C2)CCCS1. The van der Waals surface area contributed by atoms with Crippen molar-refractivity contribution in [2.24, 2.45) is 0 Å². The Hall–Kier alpha value is 0.270. The highest BCUT2D eigenvalue weighted by Crippen LogP contribution is 2.38. The summed E-state index contributed by atoms with van der Waals surface area (Å²) in [5, 5.41) is 3.81. The van der Waals surface area contributed by atoms with Crippen molar-refractivity contribution < 1.29 is 0 Å². The predicted octanol–water partition coefficient (Wildman–Crippen LogP) is 2.49. The van der Waals surface area contributed by atoms with Gasteiger partial charge in [0.05, 0.1) is 0 Å². The molecule has 3 rings (SSSR count). The molecule has 2 aliphatic heterocycles. The van der Waals surface area contributed by atoms with Gasteiger partial charge >= 0.3 is 0 Å². The van der Waals surface area contributed by atoms with Crippen LogP contribution < -0.4 is 5.32 Å². The fraction of sp³-hybridized carbons (Fsp3) is 1.00. The van der Waals surface area contributed by atoms with Gasteiger partial charge in [-0.25, -0.2) is 0 Å². The second-order valence-corrected chi connectivity index (χ2v) is 8.10. The van der Waals surface area contributed by atoms with Crippen LogP contribution in [0.3, 0.4) is 0 Å². The van der Waals surface area contributed by atoms with E-state index in [4.69, 9.17) is 0 Å². The number of rotatable bonds is 4. The number of nitrogens with zero attached hydrogens (tertiary/aromatic N) is 1. The summed E-state index contributed by atoms with van der Waals surface area (Å²) in [7, 11) is 0. The molecule has 98 valence electrons. The van der Waals surface area contributed by atoms with Gasteiger partial charge in [0.1, 0.15) is 0 Å². The van der Waals surface area contributed by atoms with Gasteiger partial charge in [-0.2, -0.15) is 11.8 Å². The van der Waals surface area contributed by atoms with E-state index in [0.717, 1.165) is 12.1 Å². The molecule has 0 aromatic carbocycles. The van der Waals surface area contributed by atoms with E-state index in [9.17, 15) is 0 Å². The van der Waals surface area contributed by atoms with Crippen LogP contribution in [-0.2, 0) is 0 Å². The number of piperidine rings is 1. The summed E-state index contributed by atoms with van der Waals surface area (Å²) < 4.78 is 0.557. The molecule has 2 nitrogen and oxygen atoms in total. The Labute approximate surface area is 110 Å². The minimum Gasteiger partial charge on any atom is -0.310 e. The molecule has 2 atom stereocenters. The van der Waals surface area contributed by atoms with Crippen LogP contribution in [0.25, 0.3) is 0 Å². The molecule has 3 fully saturated rings. The summed E-state index contributed by atoms with van der Waals surface area (Å²) in [5.74, 6) is 1.38. The van der Waals surface area contributed by atoms with Crippen LogP contribution in [0.15, 0.2) is 0 Å². The highest BCUT2D eigenvalue weighted by molar-refractivity contribution is 8.00.